The molecule has 0 amide bonds. The zero-order valence-corrected chi connectivity index (χ0v) is 13.1. The zero-order chi connectivity index (χ0) is 14.9. The molecular formula is C13H16BrFN4O. The molecule has 0 aliphatic heterocycles. The first-order chi connectivity index (χ1) is 9.45. The first-order valence-corrected chi connectivity index (χ1v) is 7.22. The predicted octanol–water partition coefficient (Wildman–Crippen LogP) is 2.94. The van der Waals surface area contributed by atoms with E-state index in [1.54, 1.807) is 0 Å². The van der Waals surface area contributed by atoms with Crippen LogP contribution in [0.3, 0.4) is 0 Å². The maximum absolute atomic E-state index is 13.9. The second-order valence-corrected chi connectivity index (χ2v) is 5.82. The molecule has 0 aromatic carbocycles. The molecule has 1 atom stereocenters. The quantitative estimate of drug-likeness (QED) is 0.858. The molecular weight excluding hydrogens is 327 g/mol. The third-order valence-electron chi connectivity index (χ3n) is 3.21. The highest BCUT2D eigenvalue weighted by Gasteiger charge is 2.20. The molecule has 0 bridgehead atoms. The van der Waals surface area contributed by atoms with E-state index in [9.17, 15) is 9.18 Å². The monoisotopic (exact) mass is 342 g/mol. The maximum atomic E-state index is 13.9. The average Bonchev–Trinajstić information content (AvgIpc) is 2.73. The molecule has 0 N–H and O–H groups in total. The number of nitrogens with zero attached hydrogens (tertiary/aromatic N) is 4. The van der Waals surface area contributed by atoms with Crippen LogP contribution in [0.2, 0.25) is 0 Å². The summed E-state index contributed by atoms with van der Waals surface area (Å²) in [4.78, 5) is 16.3. The summed E-state index contributed by atoms with van der Waals surface area (Å²) in [5.41, 5.74) is -0.376. The number of aromatic nitrogens is 4. The Balaban J connectivity index is 2.51. The first-order valence-electron chi connectivity index (χ1n) is 6.43. The van der Waals surface area contributed by atoms with Crippen LogP contribution in [0, 0.1) is 11.7 Å². The lowest BCUT2D eigenvalue weighted by Crippen LogP contribution is -2.30. The van der Waals surface area contributed by atoms with Crippen molar-refractivity contribution >= 4 is 15.9 Å². The topological polar surface area (TPSA) is 52.7 Å². The lowest BCUT2D eigenvalue weighted by molar-refractivity contribution is 0.327. The fourth-order valence-electron chi connectivity index (χ4n) is 2.20. The summed E-state index contributed by atoms with van der Waals surface area (Å²) in [6, 6.07) is 1.26. The minimum Gasteiger partial charge on any atom is -0.246 e. The highest BCUT2D eigenvalue weighted by molar-refractivity contribution is 9.10. The Bertz CT molecular complexity index is 665. The van der Waals surface area contributed by atoms with Gasteiger partial charge in [0.1, 0.15) is 6.33 Å². The molecule has 0 spiro atoms. The average molecular weight is 343 g/mol. The number of hydrogen-bond donors (Lipinski definition) is 0. The predicted molar refractivity (Wildman–Crippen MR) is 77.4 cm³/mol. The molecule has 2 aromatic heterocycles. The van der Waals surface area contributed by atoms with Crippen LogP contribution in [0.1, 0.15) is 33.2 Å². The maximum Gasteiger partial charge on any atom is 0.351 e. The molecule has 20 heavy (non-hydrogen) atoms. The molecule has 2 aromatic rings. The Hall–Kier alpha value is -1.50. The van der Waals surface area contributed by atoms with E-state index < -0.39 is 5.82 Å². The Morgan fingerprint density at radius 1 is 1.45 bits per heavy atom. The minimum absolute atomic E-state index is 0.0118. The van der Waals surface area contributed by atoms with E-state index in [-0.39, 0.29) is 23.5 Å². The fraction of sp³-hybridized carbons (Fsp3) is 0.462. The number of rotatable bonds is 4. The van der Waals surface area contributed by atoms with E-state index >= 15 is 0 Å². The van der Waals surface area contributed by atoms with Crippen molar-refractivity contribution in [1.29, 1.82) is 0 Å². The first kappa shape index (κ1) is 14.9. The largest absolute Gasteiger partial charge is 0.351 e. The van der Waals surface area contributed by atoms with Gasteiger partial charge >= 0.3 is 5.69 Å². The molecule has 0 unspecified atom stereocenters. The molecule has 0 aliphatic rings. The summed E-state index contributed by atoms with van der Waals surface area (Å²) in [5.74, 6) is -0.342. The molecule has 7 heteroatoms. The second-order valence-electron chi connectivity index (χ2n) is 4.91. The van der Waals surface area contributed by atoms with Crippen molar-refractivity contribution in [3.63, 3.8) is 0 Å². The lowest BCUT2D eigenvalue weighted by Gasteiger charge is -2.17. The molecule has 0 saturated carbocycles. The molecule has 108 valence electrons. The summed E-state index contributed by atoms with van der Waals surface area (Å²) in [7, 11) is 0. The molecule has 0 fully saturated rings. The van der Waals surface area contributed by atoms with Gasteiger partial charge in [0.05, 0.1) is 6.04 Å². The van der Waals surface area contributed by atoms with E-state index in [1.165, 1.54) is 23.3 Å². The van der Waals surface area contributed by atoms with Crippen molar-refractivity contribution in [2.24, 2.45) is 5.92 Å². The van der Waals surface area contributed by atoms with Crippen molar-refractivity contribution in [2.75, 3.05) is 0 Å². The summed E-state index contributed by atoms with van der Waals surface area (Å²) < 4.78 is 16.9. The van der Waals surface area contributed by atoms with Gasteiger partial charge in [-0.05, 0) is 34.3 Å². The molecule has 5 nitrogen and oxygen atoms in total. The van der Waals surface area contributed by atoms with Gasteiger partial charge in [-0.3, -0.25) is 0 Å². The van der Waals surface area contributed by atoms with Gasteiger partial charge in [-0.1, -0.05) is 20.8 Å². The number of halogens is 2. The fourth-order valence-corrected chi connectivity index (χ4v) is 2.50. The van der Waals surface area contributed by atoms with Crippen LogP contribution in [0.25, 0.3) is 5.82 Å². The van der Waals surface area contributed by atoms with Gasteiger partial charge in [-0.25, -0.2) is 23.4 Å². The summed E-state index contributed by atoms with van der Waals surface area (Å²) in [5, 5.41) is 4.10. The molecule has 0 saturated heterocycles. The molecule has 2 heterocycles. The summed E-state index contributed by atoms with van der Waals surface area (Å²) in [6.45, 7) is 6.05. The van der Waals surface area contributed by atoms with Crippen LogP contribution in [0.15, 0.2) is 27.9 Å². The summed E-state index contributed by atoms with van der Waals surface area (Å²) >= 11 is 3.14. The molecule has 2 rings (SSSR count). The Morgan fingerprint density at radius 2 is 2.15 bits per heavy atom. The van der Waals surface area contributed by atoms with E-state index in [1.807, 2.05) is 20.8 Å². The van der Waals surface area contributed by atoms with Crippen molar-refractivity contribution in [2.45, 2.75) is 33.2 Å². The molecule has 0 aliphatic carbocycles. The van der Waals surface area contributed by atoms with Gasteiger partial charge in [-0.15, -0.1) is 0 Å². The zero-order valence-electron chi connectivity index (χ0n) is 11.5. The van der Waals surface area contributed by atoms with Crippen LogP contribution < -0.4 is 5.69 Å². The second kappa shape index (κ2) is 5.87. The van der Waals surface area contributed by atoms with E-state index in [2.05, 4.69) is 26.0 Å². The van der Waals surface area contributed by atoms with Gasteiger partial charge in [0.2, 0.25) is 0 Å². The third kappa shape index (κ3) is 2.67. The van der Waals surface area contributed by atoms with Gasteiger partial charge in [0.25, 0.3) is 0 Å². The van der Waals surface area contributed by atoms with Crippen LogP contribution >= 0.6 is 15.9 Å². The highest BCUT2D eigenvalue weighted by atomic mass is 79.9. The molecule has 0 radical (unpaired) electrons. The van der Waals surface area contributed by atoms with Gasteiger partial charge < -0.3 is 0 Å². The Labute approximate surface area is 124 Å². The van der Waals surface area contributed by atoms with Crippen LogP contribution in [0.4, 0.5) is 4.39 Å². The van der Waals surface area contributed by atoms with Gasteiger partial charge in [0.15, 0.2) is 11.6 Å². The normalized spacial score (nSPS) is 12.9. The SMILES string of the molecule is CC[C@@H](C(C)C)n1ncn(-c2ncc(Br)cc2F)c1=O. The van der Waals surface area contributed by atoms with Gasteiger partial charge in [0, 0.05) is 10.7 Å². The van der Waals surface area contributed by atoms with Crippen molar-refractivity contribution < 1.29 is 4.39 Å². The van der Waals surface area contributed by atoms with Crippen molar-refractivity contribution in [1.82, 2.24) is 19.3 Å². The number of pyridine rings is 1. The Morgan fingerprint density at radius 3 is 2.70 bits per heavy atom. The van der Waals surface area contributed by atoms with Crippen LogP contribution in [0.5, 0.6) is 0 Å². The standard InChI is InChI=1S/C13H16BrFN4O/c1-4-11(8(2)3)19-13(20)18(7-17-19)12-10(15)5-9(14)6-16-12/h5-8,11H,4H2,1-3H3/t11-/m0/s1. The Kier molecular flexibility index (Phi) is 4.37. The van der Waals surface area contributed by atoms with Crippen molar-refractivity contribution in [3.05, 3.63) is 39.4 Å². The van der Waals surface area contributed by atoms with Gasteiger partial charge in [-0.2, -0.15) is 5.10 Å². The highest BCUT2D eigenvalue weighted by Crippen LogP contribution is 2.19. The van der Waals surface area contributed by atoms with Crippen molar-refractivity contribution in [3.8, 4) is 5.82 Å². The minimum atomic E-state index is -0.571. The lowest BCUT2D eigenvalue weighted by atomic mass is 10.0. The smallest absolute Gasteiger partial charge is 0.246 e. The summed E-state index contributed by atoms with van der Waals surface area (Å²) in [6.07, 6.45) is 3.54. The third-order valence-corrected chi connectivity index (χ3v) is 3.65. The van der Waals surface area contributed by atoms with E-state index in [0.717, 1.165) is 11.0 Å². The van der Waals surface area contributed by atoms with E-state index in [4.69, 9.17) is 0 Å². The van der Waals surface area contributed by atoms with E-state index in [0.29, 0.717) is 4.47 Å². The number of hydrogen-bond acceptors (Lipinski definition) is 3. The van der Waals surface area contributed by atoms with Crippen LogP contribution in [-0.2, 0) is 0 Å². The van der Waals surface area contributed by atoms with Crippen LogP contribution in [-0.4, -0.2) is 19.3 Å².